The van der Waals surface area contributed by atoms with Gasteiger partial charge in [0.15, 0.2) is 12.4 Å². The van der Waals surface area contributed by atoms with Crippen molar-refractivity contribution in [2.24, 2.45) is 0 Å². The van der Waals surface area contributed by atoms with E-state index in [9.17, 15) is 9.59 Å². The summed E-state index contributed by atoms with van der Waals surface area (Å²) in [5.74, 6) is -0.0494. The Balaban J connectivity index is 3.75. The first-order valence-electron chi connectivity index (χ1n) is 3.42. The summed E-state index contributed by atoms with van der Waals surface area (Å²) in [6, 6.07) is 0. The number of hydrogen-bond acceptors (Lipinski definition) is 3. The highest BCUT2D eigenvalue weighted by molar-refractivity contribution is 5.79. The van der Waals surface area contributed by atoms with Crippen LogP contribution in [0.3, 0.4) is 0 Å². The monoisotopic (exact) mass is 156 g/mol. The molecule has 62 valence electrons. The molecule has 0 amide bonds. The molecule has 0 aliphatic carbocycles. The normalized spacial score (nSPS) is 12.9. The van der Waals surface area contributed by atoms with Crippen LogP contribution in [-0.2, 0) is 14.3 Å². The second-order valence-electron chi connectivity index (χ2n) is 2.19. The molecule has 0 fully saturated rings. The van der Waals surface area contributed by atoms with Crippen molar-refractivity contribution in [2.75, 3.05) is 0 Å². The largest absolute Gasteiger partial charge is 0.490 e. The van der Waals surface area contributed by atoms with Crippen LogP contribution >= 0.6 is 0 Å². The van der Waals surface area contributed by atoms with Crippen LogP contribution in [0.15, 0.2) is 12.3 Å². The topological polar surface area (TPSA) is 43.4 Å². The van der Waals surface area contributed by atoms with Crippen molar-refractivity contribution in [1.82, 2.24) is 0 Å². The van der Waals surface area contributed by atoms with E-state index in [1.807, 2.05) is 0 Å². The number of carbonyl (C=O) groups excluding carboxylic acids is 2. The summed E-state index contributed by atoms with van der Waals surface area (Å²) in [5, 5.41) is 0. The van der Waals surface area contributed by atoms with Crippen molar-refractivity contribution in [2.45, 2.75) is 26.4 Å². The van der Waals surface area contributed by atoms with Gasteiger partial charge in [0.25, 0.3) is 0 Å². The van der Waals surface area contributed by atoms with Gasteiger partial charge < -0.3 is 4.74 Å². The molecule has 0 aromatic carbocycles. The van der Waals surface area contributed by atoms with Crippen LogP contribution in [0.4, 0.5) is 0 Å². The molecule has 0 radical (unpaired) electrons. The van der Waals surface area contributed by atoms with Crippen LogP contribution in [0.5, 0.6) is 0 Å². The predicted octanol–water partition coefficient (Wildman–Crippen LogP) is 1.08. The van der Waals surface area contributed by atoms with Crippen LogP contribution < -0.4 is 0 Å². The number of ketones is 1. The second kappa shape index (κ2) is 5.65. The second-order valence-corrected chi connectivity index (χ2v) is 2.19. The smallest absolute Gasteiger partial charge is 0.160 e. The Labute approximate surface area is 66.0 Å². The minimum absolute atomic E-state index is 0.0494. The van der Waals surface area contributed by atoms with Gasteiger partial charge in [0.05, 0.1) is 6.26 Å². The van der Waals surface area contributed by atoms with E-state index in [-0.39, 0.29) is 12.2 Å². The van der Waals surface area contributed by atoms with Crippen LogP contribution in [0.2, 0.25) is 0 Å². The third-order valence-electron chi connectivity index (χ3n) is 1.03. The highest BCUT2D eigenvalue weighted by Crippen LogP contribution is 1.96. The van der Waals surface area contributed by atoms with Crippen molar-refractivity contribution in [3.8, 4) is 0 Å². The molecular formula is C8H12O3. The minimum Gasteiger partial charge on any atom is -0.490 e. The van der Waals surface area contributed by atoms with Gasteiger partial charge in [-0.15, -0.1) is 0 Å². The zero-order valence-corrected chi connectivity index (χ0v) is 6.74. The maximum Gasteiger partial charge on any atom is 0.160 e. The number of allylic oxidation sites excluding steroid dienone is 1. The molecule has 1 atom stereocenters. The van der Waals surface area contributed by atoms with E-state index in [4.69, 9.17) is 4.74 Å². The van der Waals surface area contributed by atoms with E-state index < -0.39 is 6.10 Å². The summed E-state index contributed by atoms with van der Waals surface area (Å²) in [6.07, 6.45) is 3.22. The summed E-state index contributed by atoms with van der Waals surface area (Å²) < 4.78 is 4.88. The fourth-order valence-corrected chi connectivity index (χ4v) is 0.591. The number of hydrogen-bond donors (Lipinski definition) is 0. The van der Waals surface area contributed by atoms with Gasteiger partial charge in [0, 0.05) is 6.42 Å². The van der Waals surface area contributed by atoms with Crippen molar-refractivity contribution in [1.29, 1.82) is 0 Å². The molecule has 3 heteroatoms. The molecule has 0 saturated carbocycles. The molecule has 0 spiro atoms. The lowest BCUT2D eigenvalue weighted by molar-refractivity contribution is -0.124. The van der Waals surface area contributed by atoms with Gasteiger partial charge >= 0.3 is 0 Å². The Hall–Kier alpha value is -1.12. The molecule has 0 aromatic rings. The van der Waals surface area contributed by atoms with Crippen LogP contribution in [0.1, 0.15) is 20.3 Å². The standard InChI is InChI=1S/C8H12O3/c1-3-4-11-8(6-9)5-7(2)10/h3-4,6,8H,5H2,1-2H3. The fraction of sp³-hybridized carbons (Fsp3) is 0.500. The molecule has 0 bridgehead atoms. The van der Waals surface area contributed by atoms with Crippen molar-refractivity contribution >= 4 is 12.1 Å². The third-order valence-corrected chi connectivity index (χ3v) is 1.03. The summed E-state index contributed by atoms with van der Waals surface area (Å²) in [7, 11) is 0. The number of Topliss-reactive ketones (excluding diaryl/α,β-unsaturated/α-hetero) is 1. The molecule has 0 rings (SSSR count). The van der Waals surface area contributed by atoms with Crippen LogP contribution in [0, 0.1) is 0 Å². The Morgan fingerprint density at radius 1 is 1.64 bits per heavy atom. The summed E-state index contributed by atoms with van der Waals surface area (Å²) in [4.78, 5) is 20.7. The first-order chi connectivity index (χ1) is 5.20. The van der Waals surface area contributed by atoms with E-state index in [1.165, 1.54) is 13.2 Å². The fourth-order valence-electron chi connectivity index (χ4n) is 0.591. The molecule has 0 aliphatic rings. The Kier molecular flexibility index (Phi) is 5.07. The van der Waals surface area contributed by atoms with Crippen molar-refractivity contribution in [3.63, 3.8) is 0 Å². The van der Waals surface area contributed by atoms with E-state index in [0.717, 1.165) is 0 Å². The van der Waals surface area contributed by atoms with Gasteiger partial charge in [-0.05, 0) is 13.8 Å². The summed E-state index contributed by atoms with van der Waals surface area (Å²) in [5.41, 5.74) is 0. The quantitative estimate of drug-likeness (QED) is 0.442. The van der Waals surface area contributed by atoms with Crippen LogP contribution in [-0.4, -0.2) is 18.2 Å². The van der Waals surface area contributed by atoms with Gasteiger partial charge in [0.2, 0.25) is 0 Å². The minimum atomic E-state index is -0.622. The molecule has 11 heavy (non-hydrogen) atoms. The maximum atomic E-state index is 10.5. The third kappa shape index (κ3) is 5.33. The highest BCUT2D eigenvalue weighted by atomic mass is 16.5. The zero-order chi connectivity index (χ0) is 8.69. The van der Waals surface area contributed by atoms with E-state index in [0.29, 0.717) is 6.29 Å². The summed E-state index contributed by atoms with van der Waals surface area (Å²) >= 11 is 0. The number of ether oxygens (including phenoxy) is 1. The van der Waals surface area contributed by atoms with E-state index in [1.54, 1.807) is 13.0 Å². The number of rotatable bonds is 5. The van der Waals surface area contributed by atoms with Gasteiger partial charge in [-0.25, -0.2) is 0 Å². The van der Waals surface area contributed by atoms with Gasteiger partial charge in [-0.3, -0.25) is 9.59 Å². The van der Waals surface area contributed by atoms with Crippen molar-refractivity contribution in [3.05, 3.63) is 12.3 Å². The molecule has 0 heterocycles. The number of carbonyl (C=O) groups is 2. The van der Waals surface area contributed by atoms with Crippen LogP contribution in [0.25, 0.3) is 0 Å². The maximum absolute atomic E-state index is 10.5. The SMILES string of the molecule is CC=COC(C=O)CC(C)=O. The van der Waals surface area contributed by atoms with E-state index >= 15 is 0 Å². The Bertz CT molecular complexity index is 161. The lowest BCUT2D eigenvalue weighted by Gasteiger charge is -2.06. The summed E-state index contributed by atoms with van der Waals surface area (Å²) in [6.45, 7) is 3.20. The Morgan fingerprint density at radius 3 is 2.64 bits per heavy atom. The first-order valence-corrected chi connectivity index (χ1v) is 3.42. The average Bonchev–Trinajstić information content (AvgIpc) is 1.97. The average molecular weight is 156 g/mol. The lowest BCUT2D eigenvalue weighted by atomic mass is 10.2. The molecule has 1 unspecified atom stereocenters. The van der Waals surface area contributed by atoms with Gasteiger partial charge in [0.1, 0.15) is 5.78 Å². The zero-order valence-electron chi connectivity index (χ0n) is 6.74. The highest BCUT2D eigenvalue weighted by Gasteiger charge is 2.08. The molecule has 0 aromatic heterocycles. The van der Waals surface area contributed by atoms with Gasteiger partial charge in [-0.2, -0.15) is 0 Å². The van der Waals surface area contributed by atoms with E-state index in [2.05, 4.69) is 0 Å². The van der Waals surface area contributed by atoms with Crippen molar-refractivity contribution < 1.29 is 14.3 Å². The molecular weight excluding hydrogens is 144 g/mol. The molecule has 0 saturated heterocycles. The van der Waals surface area contributed by atoms with Gasteiger partial charge in [-0.1, -0.05) is 6.08 Å². The predicted molar refractivity (Wildman–Crippen MR) is 41.0 cm³/mol. The lowest BCUT2D eigenvalue weighted by Crippen LogP contribution is -2.15. The number of aldehydes is 1. The molecule has 3 nitrogen and oxygen atoms in total. The molecule has 0 N–H and O–H groups in total. The molecule has 0 aliphatic heterocycles. The first kappa shape index (κ1) is 9.88. The Morgan fingerprint density at radius 2 is 2.27 bits per heavy atom.